The smallest absolute Gasteiger partial charge is 0.247 e. The van der Waals surface area contributed by atoms with E-state index in [-0.39, 0.29) is 11.9 Å². The predicted molar refractivity (Wildman–Crippen MR) is 156 cm³/mol. The standard InChI is InChI=1S/C30H35N7O3/c1-4-30(38)34-22-14-23(27(39-3)15-24(22)36-18-25-26(36)17-35(25)5-2)33-28-16-29(32-19-31-28)37-21(11-12-40-37)13-20-9-7-6-8-10-20/h4,6-10,14-16,19,21,25-26H,1,5,11-13,17-18H2,2-3H3,(H,34,38)(H,31,32,33)/t21-,25?,26?/m1/s1. The Morgan fingerprint density at radius 3 is 2.73 bits per heavy atom. The van der Waals surface area contributed by atoms with Crippen molar-refractivity contribution >= 4 is 34.6 Å². The molecule has 1 aromatic heterocycles. The van der Waals surface area contributed by atoms with Gasteiger partial charge in [0, 0.05) is 31.3 Å². The highest BCUT2D eigenvalue weighted by atomic mass is 16.7. The number of aromatic nitrogens is 2. The topological polar surface area (TPSA) is 95.1 Å². The van der Waals surface area contributed by atoms with Gasteiger partial charge < -0.3 is 20.3 Å². The van der Waals surface area contributed by atoms with Crippen LogP contribution >= 0.6 is 0 Å². The molecule has 0 spiro atoms. The lowest BCUT2D eigenvalue weighted by Gasteiger charge is -2.63. The van der Waals surface area contributed by atoms with E-state index >= 15 is 0 Å². The van der Waals surface area contributed by atoms with Crippen LogP contribution in [0.1, 0.15) is 18.9 Å². The third kappa shape index (κ3) is 4.96. The number of carbonyl (C=O) groups is 1. The Labute approximate surface area is 234 Å². The van der Waals surface area contributed by atoms with Crippen LogP contribution in [0.25, 0.3) is 0 Å². The Kier molecular flexibility index (Phi) is 7.27. The molecule has 6 rings (SSSR count). The molecule has 10 nitrogen and oxygen atoms in total. The van der Waals surface area contributed by atoms with Crippen molar-refractivity contribution in [2.24, 2.45) is 0 Å². The van der Waals surface area contributed by atoms with E-state index < -0.39 is 0 Å². The highest BCUT2D eigenvalue weighted by Gasteiger charge is 2.51. The molecule has 0 aliphatic carbocycles. The second-order valence-corrected chi connectivity index (χ2v) is 10.3. The minimum atomic E-state index is -0.266. The molecule has 3 fully saturated rings. The molecule has 2 N–H and O–H groups in total. The fraction of sp³-hybridized carbons (Fsp3) is 0.367. The van der Waals surface area contributed by atoms with Gasteiger partial charge in [0.25, 0.3) is 0 Å². The van der Waals surface area contributed by atoms with Gasteiger partial charge in [-0.05, 0) is 37.1 Å². The molecular formula is C30H35N7O3. The fourth-order valence-electron chi connectivity index (χ4n) is 5.85. The maximum atomic E-state index is 12.4. The van der Waals surface area contributed by atoms with Crippen LogP contribution in [-0.4, -0.2) is 72.3 Å². The minimum Gasteiger partial charge on any atom is -0.494 e. The number of methoxy groups -OCH3 is 1. The Bertz CT molecular complexity index is 1380. The summed E-state index contributed by atoms with van der Waals surface area (Å²) in [7, 11) is 1.64. The Morgan fingerprint density at radius 2 is 2.00 bits per heavy atom. The van der Waals surface area contributed by atoms with E-state index in [0.717, 1.165) is 38.2 Å². The van der Waals surface area contributed by atoms with E-state index in [1.54, 1.807) is 7.11 Å². The molecule has 0 radical (unpaired) electrons. The average molecular weight is 542 g/mol. The average Bonchev–Trinajstić information content (AvgIpc) is 3.43. The van der Waals surface area contributed by atoms with Crippen molar-refractivity contribution in [2.75, 3.05) is 53.9 Å². The summed E-state index contributed by atoms with van der Waals surface area (Å²) >= 11 is 0. The molecule has 4 heterocycles. The van der Waals surface area contributed by atoms with Crippen LogP contribution in [0, 0.1) is 0 Å². The summed E-state index contributed by atoms with van der Waals surface area (Å²) in [6.07, 6.45) is 4.58. The van der Waals surface area contributed by atoms with Gasteiger partial charge in [-0.2, -0.15) is 0 Å². The number of benzene rings is 2. The number of hydroxylamine groups is 1. The van der Waals surface area contributed by atoms with E-state index in [4.69, 9.17) is 9.57 Å². The summed E-state index contributed by atoms with van der Waals surface area (Å²) in [6.45, 7) is 9.44. The Balaban J connectivity index is 1.25. The van der Waals surface area contributed by atoms with Crippen molar-refractivity contribution in [1.82, 2.24) is 14.9 Å². The third-order valence-electron chi connectivity index (χ3n) is 8.06. The lowest BCUT2D eigenvalue weighted by molar-refractivity contribution is -0.111. The zero-order valence-electron chi connectivity index (χ0n) is 22.9. The zero-order chi connectivity index (χ0) is 27.6. The summed E-state index contributed by atoms with van der Waals surface area (Å²) in [4.78, 5) is 32.1. The number of anilines is 5. The Morgan fingerprint density at radius 1 is 1.15 bits per heavy atom. The first-order chi connectivity index (χ1) is 19.6. The lowest BCUT2D eigenvalue weighted by Crippen LogP contribution is -2.79. The van der Waals surface area contributed by atoms with Gasteiger partial charge in [0.2, 0.25) is 5.91 Å². The molecule has 3 saturated heterocycles. The quantitative estimate of drug-likeness (QED) is 0.369. The van der Waals surface area contributed by atoms with Gasteiger partial charge in [0.1, 0.15) is 17.9 Å². The summed E-state index contributed by atoms with van der Waals surface area (Å²) in [6, 6.07) is 17.3. The first kappa shape index (κ1) is 26.1. The number of nitrogens with one attached hydrogen (secondary N) is 2. The number of nitrogens with zero attached hydrogens (tertiary/aromatic N) is 5. The van der Waals surface area contributed by atoms with Crippen molar-refractivity contribution in [3.05, 3.63) is 73.1 Å². The number of piperazine rings is 1. The SMILES string of the molecule is C=CC(=O)Nc1cc(Nc2cc(N3OCC[C@@H]3Cc3ccccc3)ncn2)c(OC)cc1N1CC2C1CN2CC. The van der Waals surface area contributed by atoms with Crippen LogP contribution in [0.2, 0.25) is 0 Å². The van der Waals surface area contributed by atoms with Gasteiger partial charge in [0.05, 0.1) is 42.9 Å². The molecule has 2 aromatic carbocycles. The molecule has 3 aliphatic rings. The largest absolute Gasteiger partial charge is 0.494 e. The summed E-state index contributed by atoms with van der Waals surface area (Å²) in [5, 5.41) is 8.24. The number of carbonyl (C=O) groups excluding carboxylic acids is 1. The fourth-order valence-corrected chi connectivity index (χ4v) is 5.85. The van der Waals surface area contributed by atoms with Gasteiger partial charge >= 0.3 is 0 Å². The summed E-state index contributed by atoms with van der Waals surface area (Å²) in [5.41, 5.74) is 3.57. The van der Waals surface area contributed by atoms with Crippen LogP contribution < -0.4 is 25.3 Å². The highest BCUT2D eigenvalue weighted by Crippen LogP contribution is 2.45. The van der Waals surface area contributed by atoms with Crippen LogP contribution in [0.5, 0.6) is 5.75 Å². The number of likely N-dealkylation sites (N-methyl/N-ethyl adjacent to an activating group) is 1. The van der Waals surface area contributed by atoms with Crippen molar-refractivity contribution in [2.45, 2.75) is 37.9 Å². The molecule has 0 bridgehead atoms. The van der Waals surface area contributed by atoms with Crippen LogP contribution in [0.15, 0.2) is 67.5 Å². The number of hydrogen-bond acceptors (Lipinski definition) is 9. The third-order valence-corrected chi connectivity index (χ3v) is 8.06. The number of fused-ring (bicyclic) bond motifs is 1. The van der Waals surface area contributed by atoms with Crippen molar-refractivity contribution in [3.63, 3.8) is 0 Å². The minimum absolute atomic E-state index is 0.176. The second kappa shape index (κ2) is 11.1. The molecule has 40 heavy (non-hydrogen) atoms. The van der Waals surface area contributed by atoms with Crippen molar-refractivity contribution in [1.29, 1.82) is 0 Å². The van der Waals surface area contributed by atoms with Crippen LogP contribution in [-0.2, 0) is 16.1 Å². The number of likely N-dealkylation sites (tertiary alicyclic amines) is 1. The number of amides is 1. The second-order valence-electron chi connectivity index (χ2n) is 10.3. The van der Waals surface area contributed by atoms with Crippen molar-refractivity contribution < 1.29 is 14.4 Å². The maximum absolute atomic E-state index is 12.4. The van der Waals surface area contributed by atoms with E-state index in [9.17, 15) is 4.79 Å². The molecular weight excluding hydrogens is 506 g/mol. The van der Waals surface area contributed by atoms with Gasteiger partial charge in [-0.1, -0.05) is 43.8 Å². The molecule has 10 heteroatoms. The molecule has 208 valence electrons. The van der Waals surface area contributed by atoms with Gasteiger partial charge in [-0.25, -0.2) is 15.0 Å². The maximum Gasteiger partial charge on any atom is 0.247 e. The highest BCUT2D eigenvalue weighted by molar-refractivity contribution is 6.02. The zero-order valence-corrected chi connectivity index (χ0v) is 22.9. The molecule has 1 amide bonds. The molecule has 2 unspecified atom stereocenters. The van der Waals surface area contributed by atoms with Crippen LogP contribution in [0.3, 0.4) is 0 Å². The van der Waals surface area contributed by atoms with E-state index in [0.29, 0.717) is 47.5 Å². The number of hydrogen-bond donors (Lipinski definition) is 2. The first-order valence-corrected chi connectivity index (χ1v) is 13.8. The number of rotatable bonds is 10. The van der Waals surface area contributed by atoms with Gasteiger partial charge in [0.15, 0.2) is 5.82 Å². The monoisotopic (exact) mass is 541 g/mol. The summed E-state index contributed by atoms with van der Waals surface area (Å²) in [5.74, 6) is 1.66. The molecule has 3 aliphatic heterocycles. The van der Waals surface area contributed by atoms with E-state index in [1.165, 1.54) is 18.0 Å². The van der Waals surface area contributed by atoms with E-state index in [2.05, 4.69) is 68.2 Å². The van der Waals surface area contributed by atoms with Gasteiger partial charge in [-0.3, -0.25) is 14.5 Å². The predicted octanol–water partition coefficient (Wildman–Crippen LogP) is 4.00. The molecule has 3 aromatic rings. The summed E-state index contributed by atoms with van der Waals surface area (Å²) < 4.78 is 5.79. The van der Waals surface area contributed by atoms with Crippen molar-refractivity contribution in [3.8, 4) is 5.75 Å². The lowest BCUT2D eigenvalue weighted by atomic mass is 9.84. The molecule has 0 saturated carbocycles. The van der Waals surface area contributed by atoms with Crippen LogP contribution in [0.4, 0.5) is 28.7 Å². The van der Waals surface area contributed by atoms with E-state index in [1.807, 2.05) is 29.3 Å². The van der Waals surface area contributed by atoms with Gasteiger partial charge in [-0.15, -0.1) is 0 Å². The molecule has 3 atom stereocenters. The number of ether oxygens (including phenoxy) is 1. The normalized spacial score (nSPS) is 21.7. The Hall–Kier alpha value is -4.15. The first-order valence-electron chi connectivity index (χ1n) is 13.8.